The number of aryl methyl sites for hydroxylation is 1. The lowest BCUT2D eigenvalue weighted by atomic mass is 10.0. The van der Waals surface area contributed by atoms with Crippen LogP contribution in [-0.4, -0.2) is 27.4 Å². The van der Waals surface area contributed by atoms with E-state index in [1.807, 2.05) is 59.5 Å². The molecule has 6 nitrogen and oxygen atoms in total. The number of benzene rings is 2. The fourth-order valence-corrected chi connectivity index (χ4v) is 5.56. The number of thiocarbonyl (C=S) groups is 1. The summed E-state index contributed by atoms with van der Waals surface area (Å²) in [6, 6.07) is 21.1. The summed E-state index contributed by atoms with van der Waals surface area (Å²) in [6.07, 6.45) is 2.80. The predicted octanol–water partition coefficient (Wildman–Crippen LogP) is 6.81. The van der Waals surface area contributed by atoms with E-state index in [4.69, 9.17) is 16.6 Å². The molecule has 1 aliphatic rings. The second kappa shape index (κ2) is 11.4. The molecule has 0 saturated carbocycles. The SMILES string of the molecule is CCc1ccccc1NC(=O)CCN1C(=S)NC(c2ccccn2)C1c1ccc(-c2ccc(F)cc2Br)o1. The number of furan rings is 1. The van der Waals surface area contributed by atoms with Gasteiger partial charge in [-0.25, -0.2) is 4.39 Å². The van der Waals surface area contributed by atoms with Gasteiger partial charge in [0.15, 0.2) is 5.11 Å². The normalized spacial score (nSPS) is 16.9. The third-order valence-electron chi connectivity index (χ3n) is 6.56. The minimum atomic E-state index is -0.334. The molecule has 0 bridgehead atoms. The van der Waals surface area contributed by atoms with E-state index in [1.165, 1.54) is 12.1 Å². The van der Waals surface area contributed by atoms with Crippen molar-refractivity contribution in [2.45, 2.75) is 31.8 Å². The van der Waals surface area contributed by atoms with Crippen LogP contribution in [0.4, 0.5) is 10.1 Å². The van der Waals surface area contributed by atoms with E-state index in [9.17, 15) is 9.18 Å². The number of halogens is 2. The predicted molar refractivity (Wildman–Crippen MR) is 153 cm³/mol. The summed E-state index contributed by atoms with van der Waals surface area (Å²) in [5.74, 6) is 0.831. The van der Waals surface area contributed by atoms with Gasteiger partial charge in [0.2, 0.25) is 5.91 Å². The van der Waals surface area contributed by atoms with Crippen LogP contribution < -0.4 is 10.6 Å². The molecule has 9 heteroatoms. The number of nitrogens with one attached hydrogen (secondary N) is 2. The molecule has 5 rings (SSSR count). The fraction of sp³-hybridized carbons (Fsp3) is 0.207. The standard InChI is InChI=1S/C29H26BrFN4O2S/c1-2-18-7-3-4-8-22(18)33-26(36)14-16-35-28(27(34-29(35)38)23-9-5-6-15-32-23)25-13-12-24(37-25)20-11-10-19(31)17-21(20)30/h3-13,15,17,27-28H,2,14,16H2,1H3,(H,33,36)(H,34,38). The van der Waals surface area contributed by atoms with E-state index in [1.54, 1.807) is 12.3 Å². The molecular formula is C29H26BrFN4O2S. The number of hydrogen-bond acceptors (Lipinski definition) is 4. The number of nitrogens with zero attached hydrogens (tertiary/aromatic N) is 2. The largest absolute Gasteiger partial charge is 0.459 e. The van der Waals surface area contributed by atoms with Crippen LogP contribution in [-0.2, 0) is 11.2 Å². The summed E-state index contributed by atoms with van der Waals surface area (Å²) in [7, 11) is 0. The Morgan fingerprint density at radius 3 is 2.74 bits per heavy atom. The molecule has 0 spiro atoms. The quantitative estimate of drug-likeness (QED) is 0.219. The van der Waals surface area contributed by atoms with Crippen molar-refractivity contribution in [2.24, 2.45) is 0 Å². The number of para-hydroxylation sites is 1. The third kappa shape index (κ3) is 5.49. The van der Waals surface area contributed by atoms with Gasteiger partial charge >= 0.3 is 0 Å². The number of hydrogen-bond donors (Lipinski definition) is 2. The van der Waals surface area contributed by atoms with E-state index < -0.39 is 0 Å². The van der Waals surface area contributed by atoms with Gasteiger partial charge in [-0.05, 0) is 88.7 Å². The van der Waals surface area contributed by atoms with Crippen molar-refractivity contribution in [1.29, 1.82) is 0 Å². The molecule has 2 unspecified atom stereocenters. The molecule has 2 atom stereocenters. The number of anilines is 1. The van der Waals surface area contributed by atoms with Gasteiger partial charge in [-0.2, -0.15) is 0 Å². The zero-order valence-corrected chi connectivity index (χ0v) is 23.1. The molecular weight excluding hydrogens is 567 g/mol. The lowest BCUT2D eigenvalue weighted by Crippen LogP contribution is -2.32. The first kappa shape index (κ1) is 26.1. The van der Waals surface area contributed by atoms with Crippen molar-refractivity contribution in [3.8, 4) is 11.3 Å². The number of carbonyl (C=O) groups is 1. The molecule has 4 aromatic rings. The zero-order valence-electron chi connectivity index (χ0n) is 20.7. The molecule has 1 amide bonds. The van der Waals surface area contributed by atoms with Crippen LogP contribution in [0.3, 0.4) is 0 Å². The molecule has 1 aliphatic heterocycles. The topological polar surface area (TPSA) is 70.4 Å². The summed E-state index contributed by atoms with van der Waals surface area (Å²) in [5, 5.41) is 6.93. The van der Waals surface area contributed by atoms with Crippen LogP contribution in [0.25, 0.3) is 11.3 Å². The highest BCUT2D eigenvalue weighted by Crippen LogP contribution is 2.41. The zero-order chi connectivity index (χ0) is 26.6. The highest BCUT2D eigenvalue weighted by atomic mass is 79.9. The molecule has 1 saturated heterocycles. The monoisotopic (exact) mass is 592 g/mol. The summed E-state index contributed by atoms with van der Waals surface area (Å²) in [5.41, 5.74) is 3.46. The molecule has 3 heterocycles. The Morgan fingerprint density at radius 2 is 1.97 bits per heavy atom. The number of amides is 1. The van der Waals surface area contributed by atoms with Crippen LogP contribution >= 0.6 is 28.1 Å². The van der Waals surface area contributed by atoms with Gasteiger partial charge in [0, 0.05) is 34.9 Å². The second-order valence-electron chi connectivity index (χ2n) is 8.96. The summed E-state index contributed by atoms with van der Waals surface area (Å²) in [6.45, 7) is 2.44. The maximum Gasteiger partial charge on any atom is 0.226 e. The third-order valence-corrected chi connectivity index (χ3v) is 7.57. The number of rotatable bonds is 8. The van der Waals surface area contributed by atoms with Crippen LogP contribution in [0.2, 0.25) is 0 Å². The number of aromatic nitrogens is 1. The van der Waals surface area contributed by atoms with Gasteiger partial charge < -0.3 is 20.0 Å². The molecule has 2 aromatic heterocycles. The van der Waals surface area contributed by atoms with Crippen molar-refractivity contribution >= 4 is 44.9 Å². The Balaban J connectivity index is 1.41. The highest BCUT2D eigenvalue weighted by Gasteiger charge is 2.41. The van der Waals surface area contributed by atoms with E-state index in [0.717, 1.165) is 28.9 Å². The van der Waals surface area contributed by atoms with E-state index in [-0.39, 0.29) is 30.2 Å². The minimum absolute atomic E-state index is 0.0934. The van der Waals surface area contributed by atoms with Crippen molar-refractivity contribution in [3.63, 3.8) is 0 Å². The second-order valence-corrected chi connectivity index (χ2v) is 10.2. The van der Waals surface area contributed by atoms with Crippen LogP contribution in [0, 0.1) is 5.82 Å². The van der Waals surface area contributed by atoms with Crippen LogP contribution in [0.15, 0.2) is 87.9 Å². The summed E-state index contributed by atoms with van der Waals surface area (Å²) >= 11 is 9.14. The Kier molecular flexibility index (Phi) is 7.85. The van der Waals surface area contributed by atoms with Crippen molar-refractivity contribution < 1.29 is 13.6 Å². The molecule has 1 fully saturated rings. The van der Waals surface area contributed by atoms with Gasteiger partial charge in [-0.15, -0.1) is 0 Å². The Labute approximate surface area is 234 Å². The average molecular weight is 594 g/mol. The smallest absolute Gasteiger partial charge is 0.226 e. The summed E-state index contributed by atoms with van der Waals surface area (Å²) in [4.78, 5) is 19.4. The van der Waals surface area contributed by atoms with E-state index in [2.05, 4.69) is 38.5 Å². The molecule has 0 radical (unpaired) electrons. The molecule has 2 aromatic carbocycles. The average Bonchev–Trinajstić information content (AvgIpc) is 3.52. The van der Waals surface area contributed by atoms with Gasteiger partial charge in [-0.3, -0.25) is 9.78 Å². The number of carbonyl (C=O) groups excluding carboxylic acids is 1. The van der Waals surface area contributed by atoms with Crippen molar-refractivity contribution in [3.05, 3.63) is 106 Å². The maximum absolute atomic E-state index is 13.6. The van der Waals surface area contributed by atoms with Crippen molar-refractivity contribution in [2.75, 3.05) is 11.9 Å². The Bertz CT molecular complexity index is 1460. The maximum atomic E-state index is 13.6. The van der Waals surface area contributed by atoms with Crippen LogP contribution in [0.1, 0.15) is 42.4 Å². The lowest BCUT2D eigenvalue weighted by molar-refractivity contribution is -0.116. The lowest BCUT2D eigenvalue weighted by Gasteiger charge is -2.26. The first-order valence-electron chi connectivity index (χ1n) is 12.4. The number of pyridine rings is 1. The Morgan fingerprint density at radius 1 is 1.16 bits per heavy atom. The van der Waals surface area contributed by atoms with Crippen LogP contribution in [0.5, 0.6) is 0 Å². The summed E-state index contributed by atoms with van der Waals surface area (Å²) < 4.78 is 20.6. The van der Waals surface area contributed by atoms with E-state index >= 15 is 0 Å². The molecule has 38 heavy (non-hydrogen) atoms. The molecule has 0 aliphatic carbocycles. The van der Waals surface area contributed by atoms with Gasteiger partial charge in [0.1, 0.15) is 23.4 Å². The van der Waals surface area contributed by atoms with Gasteiger partial charge in [0.25, 0.3) is 0 Å². The minimum Gasteiger partial charge on any atom is -0.459 e. The highest BCUT2D eigenvalue weighted by molar-refractivity contribution is 9.10. The molecule has 194 valence electrons. The van der Waals surface area contributed by atoms with Gasteiger partial charge in [-0.1, -0.05) is 31.2 Å². The first-order valence-corrected chi connectivity index (χ1v) is 13.6. The Hall–Kier alpha value is -3.56. The van der Waals surface area contributed by atoms with Gasteiger partial charge in [0.05, 0.1) is 11.7 Å². The fourth-order valence-electron chi connectivity index (χ4n) is 4.69. The van der Waals surface area contributed by atoms with Crippen molar-refractivity contribution in [1.82, 2.24) is 15.2 Å². The first-order chi connectivity index (χ1) is 18.4. The van der Waals surface area contributed by atoms with E-state index in [0.29, 0.717) is 27.7 Å². The molecule has 2 N–H and O–H groups in total.